The molecule has 0 aliphatic carbocycles. The third-order valence-corrected chi connectivity index (χ3v) is 4.06. The molecule has 0 unspecified atom stereocenters. The van der Waals surface area contributed by atoms with E-state index in [4.69, 9.17) is 0 Å². The number of amides is 1. The van der Waals surface area contributed by atoms with Crippen molar-refractivity contribution in [2.24, 2.45) is 0 Å². The molecule has 1 aromatic heterocycles. The largest absolute Gasteiger partial charge is 0.324 e. The maximum atomic E-state index is 12.0. The lowest BCUT2D eigenvalue weighted by Gasteiger charge is -2.22. The van der Waals surface area contributed by atoms with Crippen molar-refractivity contribution in [1.29, 1.82) is 0 Å². The normalized spacial score (nSPS) is 20.8. The molecule has 0 aromatic carbocycles. The smallest absolute Gasteiger partial charge is 0.241 e. The highest BCUT2D eigenvalue weighted by atomic mass is 32.1. The number of thiophene rings is 1. The van der Waals surface area contributed by atoms with Crippen molar-refractivity contribution in [3.8, 4) is 0 Å². The molecule has 2 heterocycles. The summed E-state index contributed by atoms with van der Waals surface area (Å²) < 4.78 is 0. The second-order valence-electron chi connectivity index (χ2n) is 4.34. The number of piperidine rings is 1. The molecule has 1 aliphatic heterocycles. The van der Waals surface area contributed by atoms with Gasteiger partial charge in [-0.3, -0.25) is 4.79 Å². The van der Waals surface area contributed by atoms with Gasteiger partial charge in [-0.2, -0.15) is 0 Å². The fraction of sp³-hybridized carbons (Fsp3) is 0.583. The molecule has 1 aromatic rings. The van der Waals surface area contributed by atoms with Gasteiger partial charge in [-0.15, -0.1) is 11.3 Å². The van der Waals surface area contributed by atoms with E-state index in [0.29, 0.717) is 0 Å². The predicted octanol–water partition coefficient (Wildman–Crippen LogP) is 2.45. The average Bonchev–Trinajstić information content (AvgIpc) is 2.62. The first kappa shape index (κ1) is 11.6. The Morgan fingerprint density at radius 3 is 2.88 bits per heavy atom. The van der Waals surface area contributed by atoms with Crippen LogP contribution in [0.15, 0.2) is 5.38 Å². The van der Waals surface area contributed by atoms with E-state index < -0.39 is 0 Å². The number of hydrogen-bond acceptors (Lipinski definition) is 3. The molecule has 4 heteroatoms. The minimum Gasteiger partial charge on any atom is -0.324 e. The van der Waals surface area contributed by atoms with Gasteiger partial charge in [0.15, 0.2) is 0 Å². The summed E-state index contributed by atoms with van der Waals surface area (Å²) in [5.74, 6) is 0.115. The molecule has 1 saturated heterocycles. The Bertz CT molecular complexity index is 361. The van der Waals surface area contributed by atoms with Gasteiger partial charge in [0.25, 0.3) is 0 Å². The molecule has 1 amide bonds. The van der Waals surface area contributed by atoms with Gasteiger partial charge < -0.3 is 10.6 Å². The molecular weight excluding hydrogens is 220 g/mol. The molecule has 1 fully saturated rings. The van der Waals surface area contributed by atoms with Crippen LogP contribution in [-0.2, 0) is 4.79 Å². The van der Waals surface area contributed by atoms with E-state index in [2.05, 4.69) is 16.0 Å². The zero-order valence-corrected chi connectivity index (χ0v) is 10.6. The Morgan fingerprint density at radius 1 is 1.50 bits per heavy atom. The minimum atomic E-state index is -0.00699. The summed E-state index contributed by atoms with van der Waals surface area (Å²) in [6.45, 7) is 5.04. The summed E-state index contributed by atoms with van der Waals surface area (Å²) >= 11 is 1.68. The summed E-state index contributed by atoms with van der Waals surface area (Å²) in [5, 5.41) is 8.38. The first-order valence-corrected chi connectivity index (χ1v) is 6.65. The SMILES string of the molecule is Cc1csc(C)c1NC(=O)[C@H]1CCCCN1. The van der Waals surface area contributed by atoms with Crippen LogP contribution >= 0.6 is 11.3 Å². The van der Waals surface area contributed by atoms with Gasteiger partial charge >= 0.3 is 0 Å². The van der Waals surface area contributed by atoms with E-state index in [9.17, 15) is 4.79 Å². The van der Waals surface area contributed by atoms with Crippen molar-refractivity contribution < 1.29 is 4.79 Å². The second-order valence-corrected chi connectivity index (χ2v) is 5.43. The minimum absolute atomic E-state index is 0.00699. The fourth-order valence-electron chi connectivity index (χ4n) is 2.04. The van der Waals surface area contributed by atoms with Crippen LogP contribution in [0.3, 0.4) is 0 Å². The zero-order chi connectivity index (χ0) is 11.5. The molecule has 88 valence electrons. The number of anilines is 1. The molecule has 0 radical (unpaired) electrons. The van der Waals surface area contributed by atoms with Crippen molar-refractivity contribution in [3.05, 3.63) is 15.8 Å². The number of carbonyl (C=O) groups is 1. The van der Waals surface area contributed by atoms with Gasteiger partial charge in [0, 0.05) is 4.88 Å². The number of aryl methyl sites for hydroxylation is 2. The van der Waals surface area contributed by atoms with Crippen molar-refractivity contribution >= 4 is 22.9 Å². The Labute approximate surface area is 100 Å². The third kappa shape index (κ3) is 2.44. The zero-order valence-electron chi connectivity index (χ0n) is 9.80. The van der Waals surface area contributed by atoms with Gasteiger partial charge in [0.2, 0.25) is 5.91 Å². The molecule has 16 heavy (non-hydrogen) atoms. The number of carbonyl (C=O) groups excluding carboxylic acids is 1. The molecule has 0 saturated carbocycles. The average molecular weight is 238 g/mol. The lowest BCUT2D eigenvalue weighted by molar-refractivity contribution is -0.118. The summed E-state index contributed by atoms with van der Waals surface area (Å²) in [5.41, 5.74) is 2.16. The Kier molecular flexibility index (Phi) is 3.61. The van der Waals surface area contributed by atoms with E-state index in [1.165, 1.54) is 11.3 Å². The molecule has 2 rings (SSSR count). The topological polar surface area (TPSA) is 41.1 Å². The van der Waals surface area contributed by atoms with Crippen molar-refractivity contribution in [3.63, 3.8) is 0 Å². The van der Waals surface area contributed by atoms with Crippen LogP contribution in [0, 0.1) is 13.8 Å². The van der Waals surface area contributed by atoms with Gasteiger partial charge in [0.05, 0.1) is 11.7 Å². The summed E-state index contributed by atoms with van der Waals surface area (Å²) in [4.78, 5) is 13.2. The first-order chi connectivity index (χ1) is 7.68. The van der Waals surface area contributed by atoms with Crippen molar-refractivity contribution in [2.75, 3.05) is 11.9 Å². The maximum Gasteiger partial charge on any atom is 0.241 e. The second kappa shape index (κ2) is 4.97. The van der Waals surface area contributed by atoms with Crippen LogP contribution in [0.1, 0.15) is 29.7 Å². The number of nitrogens with one attached hydrogen (secondary N) is 2. The molecule has 3 nitrogen and oxygen atoms in total. The molecule has 0 spiro atoms. The molecule has 0 bridgehead atoms. The van der Waals surface area contributed by atoms with E-state index in [-0.39, 0.29) is 11.9 Å². The van der Waals surface area contributed by atoms with Crippen LogP contribution in [0.5, 0.6) is 0 Å². The summed E-state index contributed by atoms with van der Waals surface area (Å²) in [6.07, 6.45) is 3.28. The number of hydrogen-bond donors (Lipinski definition) is 2. The van der Waals surface area contributed by atoms with Crippen LogP contribution in [0.25, 0.3) is 0 Å². The van der Waals surface area contributed by atoms with Gasteiger partial charge in [-0.05, 0) is 44.2 Å². The highest BCUT2D eigenvalue weighted by Crippen LogP contribution is 2.26. The van der Waals surface area contributed by atoms with E-state index in [1.54, 1.807) is 11.3 Å². The van der Waals surface area contributed by atoms with Gasteiger partial charge in [-0.1, -0.05) is 6.42 Å². The standard InChI is InChI=1S/C12H18N2OS/c1-8-7-16-9(2)11(8)14-12(15)10-5-3-4-6-13-10/h7,10,13H,3-6H2,1-2H3,(H,14,15)/t10-/m1/s1. The molecule has 1 aliphatic rings. The first-order valence-electron chi connectivity index (χ1n) is 5.77. The Morgan fingerprint density at radius 2 is 2.31 bits per heavy atom. The highest BCUT2D eigenvalue weighted by molar-refractivity contribution is 7.10. The van der Waals surface area contributed by atoms with E-state index >= 15 is 0 Å². The van der Waals surface area contributed by atoms with Crippen molar-refractivity contribution in [2.45, 2.75) is 39.2 Å². The van der Waals surface area contributed by atoms with Crippen LogP contribution in [-0.4, -0.2) is 18.5 Å². The van der Waals surface area contributed by atoms with Gasteiger partial charge in [-0.25, -0.2) is 0 Å². The fourth-order valence-corrected chi connectivity index (χ4v) is 2.85. The van der Waals surface area contributed by atoms with Gasteiger partial charge in [0.1, 0.15) is 0 Å². The number of rotatable bonds is 2. The quantitative estimate of drug-likeness (QED) is 0.831. The van der Waals surface area contributed by atoms with Crippen molar-refractivity contribution in [1.82, 2.24) is 5.32 Å². The Balaban J connectivity index is 2.01. The summed E-state index contributed by atoms with van der Waals surface area (Å²) in [6, 6.07) is -0.00699. The Hall–Kier alpha value is -0.870. The van der Waals surface area contributed by atoms with Crippen LogP contribution < -0.4 is 10.6 Å². The highest BCUT2D eigenvalue weighted by Gasteiger charge is 2.21. The van der Waals surface area contributed by atoms with E-state index in [1.807, 2.05) is 13.8 Å². The third-order valence-electron chi connectivity index (χ3n) is 3.03. The van der Waals surface area contributed by atoms with Crippen LogP contribution in [0.2, 0.25) is 0 Å². The molecule has 1 atom stereocenters. The maximum absolute atomic E-state index is 12.0. The monoisotopic (exact) mass is 238 g/mol. The molecule has 2 N–H and O–H groups in total. The summed E-state index contributed by atoms with van der Waals surface area (Å²) in [7, 11) is 0. The van der Waals surface area contributed by atoms with Crippen LogP contribution in [0.4, 0.5) is 5.69 Å². The predicted molar refractivity (Wildman–Crippen MR) is 68.1 cm³/mol. The lowest BCUT2D eigenvalue weighted by atomic mass is 10.0. The lowest BCUT2D eigenvalue weighted by Crippen LogP contribution is -2.43. The molecular formula is C12H18N2OS. The van der Waals surface area contributed by atoms with E-state index in [0.717, 1.165) is 30.6 Å².